The number of aliphatic hydroxyl groups is 1. The molecule has 0 spiro atoms. The normalized spacial score (nSPS) is 20.7. The lowest BCUT2D eigenvalue weighted by molar-refractivity contribution is 0.141. The molecule has 20 heavy (non-hydrogen) atoms. The van der Waals surface area contributed by atoms with Gasteiger partial charge in [-0.05, 0) is 50.6 Å². The van der Waals surface area contributed by atoms with Gasteiger partial charge in [0.15, 0.2) is 0 Å². The highest BCUT2D eigenvalue weighted by Crippen LogP contribution is 2.21. The third-order valence-corrected chi connectivity index (χ3v) is 4.51. The molecule has 0 bridgehead atoms. The van der Waals surface area contributed by atoms with Crippen LogP contribution in [-0.4, -0.2) is 39.5 Å². The van der Waals surface area contributed by atoms with Gasteiger partial charge in [0.1, 0.15) is 0 Å². The molecule has 0 amide bonds. The van der Waals surface area contributed by atoms with Crippen molar-refractivity contribution >= 4 is 0 Å². The SMILES string of the molecule is CCC(CC)n1ccc(CN2CCCC(CCO)C2)n1. The van der Waals surface area contributed by atoms with Crippen LogP contribution in [0.2, 0.25) is 0 Å². The van der Waals surface area contributed by atoms with E-state index < -0.39 is 0 Å². The number of nitrogens with zero attached hydrogens (tertiary/aromatic N) is 3. The van der Waals surface area contributed by atoms with Crippen molar-refractivity contribution < 1.29 is 5.11 Å². The highest BCUT2D eigenvalue weighted by atomic mass is 16.3. The molecule has 1 unspecified atom stereocenters. The fourth-order valence-electron chi connectivity index (χ4n) is 3.27. The molecule has 114 valence electrons. The topological polar surface area (TPSA) is 41.3 Å². The summed E-state index contributed by atoms with van der Waals surface area (Å²) in [5.41, 5.74) is 1.18. The average Bonchev–Trinajstić information content (AvgIpc) is 2.89. The van der Waals surface area contributed by atoms with E-state index in [1.54, 1.807) is 0 Å². The monoisotopic (exact) mass is 279 g/mol. The quantitative estimate of drug-likeness (QED) is 0.834. The van der Waals surface area contributed by atoms with Gasteiger partial charge in [-0.25, -0.2) is 0 Å². The van der Waals surface area contributed by atoms with E-state index in [0.29, 0.717) is 18.6 Å². The zero-order valence-corrected chi connectivity index (χ0v) is 13.0. The summed E-state index contributed by atoms with van der Waals surface area (Å²) >= 11 is 0. The molecule has 1 aliphatic rings. The minimum absolute atomic E-state index is 0.321. The Bertz CT molecular complexity index is 385. The van der Waals surface area contributed by atoms with E-state index in [-0.39, 0.29) is 0 Å². The minimum atomic E-state index is 0.321. The average molecular weight is 279 g/mol. The summed E-state index contributed by atoms with van der Waals surface area (Å²) in [6, 6.07) is 2.70. The second-order valence-electron chi connectivity index (χ2n) is 6.01. The van der Waals surface area contributed by atoms with Crippen molar-refractivity contribution in [2.45, 2.75) is 58.5 Å². The van der Waals surface area contributed by atoms with Crippen LogP contribution < -0.4 is 0 Å². The molecule has 1 fully saturated rings. The second kappa shape index (κ2) is 7.79. The Morgan fingerprint density at radius 2 is 2.20 bits per heavy atom. The van der Waals surface area contributed by atoms with Crippen molar-refractivity contribution in [2.75, 3.05) is 19.7 Å². The lowest BCUT2D eigenvalue weighted by atomic mass is 9.95. The molecule has 2 heterocycles. The molecule has 1 aromatic rings. The van der Waals surface area contributed by atoms with Crippen molar-refractivity contribution in [2.24, 2.45) is 5.92 Å². The van der Waals surface area contributed by atoms with Crippen molar-refractivity contribution in [3.8, 4) is 0 Å². The summed E-state index contributed by atoms with van der Waals surface area (Å²) < 4.78 is 2.13. The van der Waals surface area contributed by atoms with Crippen molar-refractivity contribution in [1.29, 1.82) is 0 Å². The van der Waals surface area contributed by atoms with Crippen LogP contribution in [0.1, 0.15) is 57.7 Å². The van der Waals surface area contributed by atoms with Gasteiger partial charge in [-0.3, -0.25) is 9.58 Å². The first-order valence-corrected chi connectivity index (χ1v) is 8.14. The molecule has 0 aliphatic carbocycles. The standard InChI is InChI=1S/C16H29N3O/c1-3-16(4-2)19-10-7-15(17-19)13-18-9-5-6-14(12-18)8-11-20/h7,10,14,16,20H,3-6,8-9,11-13H2,1-2H3. The van der Waals surface area contributed by atoms with Gasteiger partial charge >= 0.3 is 0 Å². The maximum absolute atomic E-state index is 9.08. The Labute approximate surface area is 122 Å². The van der Waals surface area contributed by atoms with Crippen molar-refractivity contribution in [3.63, 3.8) is 0 Å². The molecule has 0 saturated carbocycles. The van der Waals surface area contributed by atoms with Gasteiger partial charge in [-0.1, -0.05) is 13.8 Å². The molecule has 0 aromatic carbocycles. The highest BCUT2D eigenvalue weighted by Gasteiger charge is 2.20. The molecular formula is C16H29N3O. The van der Waals surface area contributed by atoms with Gasteiger partial charge in [0.05, 0.1) is 11.7 Å². The predicted octanol–water partition coefficient (Wildman–Crippen LogP) is 2.84. The van der Waals surface area contributed by atoms with Crippen LogP contribution in [0.5, 0.6) is 0 Å². The fraction of sp³-hybridized carbons (Fsp3) is 0.812. The molecule has 0 radical (unpaired) electrons. The number of aromatic nitrogens is 2. The van der Waals surface area contributed by atoms with Crippen LogP contribution in [-0.2, 0) is 6.54 Å². The van der Waals surface area contributed by atoms with Crippen molar-refractivity contribution in [1.82, 2.24) is 14.7 Å². The maximum atomic E-state index is 9.08. The van der Waals surface area contributed by atoms with Gasteiger partial charge in [0.25, 0.3) is 0 Å². The minimum Gasteiger partial charge on any atom is -0.396 e. The number of hydrogen-bond donors (Lipinski definition) is 1. The first-order valence-electron chi connectivity index (χ1n) is 8.14. The van der Waals surface area contributed by atoms with E-state index in [0.717, 1.165) is 32.4 Å². The van der Waals surface area contributed by atoms with Crippen LogP contribution in [0.3, 0.4) is 0 Å². The molecule has 2 rings (SSSR count). The Morgan fingerprint density at radius 1 is 1.40 bits per heavy atom. The summed E-state index contributed by atoms with van der Waals surface area (Å²) in [4.78, 5) is 2.49. The molecule has 1 aromatic heterocycles. The van der Waals surface area contributed by atoms with E-state index in [1.165, 1.54) is 25.1 Å². The molecule has 1 N–H and O–H groups in total. The van der Waals surface area contributed by atoms with Crippen LogP contribution in [0.4, 0.5) is 0 Å². The molecule has 1 aliphatic heterocycles. The zero-order chi connectivity index (χ0) is 14.4. The highest BCUT2D eigenvalue weighted by molar-refractivity contribution is 5.00. The number of likely N-dealkylation sites (tertiary alicyclic amines) is 1. The lowest BCUT2D eigenvalue weighted by Crippen LogP contribution is -2.35. The molecule has 4 nitrogen and oxygen atoms in total. The first-order chi connectivity index (χ1) is 9.76. The molecular weight excluding hydrogens is 250 g/mol. The molecule has 1 saturated heterocycles. The number of piperidine rings is 1. The number of rotatable bonds is 7. The van der Waals surface area contributed by atoms with E-state index >= 15 is 0 Å². The first kappa shape index (κ1) is 15.5. The van der Waals surface area contributed by atoms with E-state index in [4.69, 9.17) is 10.2 Å². The predicted molar refractivity (Wildman–Crippen MR) is 81.5 cm³/mol. The van der Waals surface area contributed by atoms with Gasteiger partial charge in [0.2, 0.25) is 0 Å². The van der Waals surface area contributed by atoms with Crippen molar-refractivity contribution in [3.05, 3.63) is 18.0 Å². The third kappa shape index (κ3) is 4.06. The Kier molecular flexibility index (Phi) is 6.05. The summed E-state index contributed by atoms with van der Waals surface area (Å²) in [5, 5.41) is 13.8. The van der Waals surface area contributed by atoms with Gasteiger partial charge in [-0.15, -0.1) is 0 Å². The number of hydrogen-bond acceptors (Lipinski definition) is 3. The van der Waals surface area contributed by atoms with Gasteiger partial charge in [-0.2, -0.15) is 5.10 Å². The van der Waals surface area contributed by atoms with Crippen LogP contribution in [0.25, 0.3) is 0 Å². The Balaban J connectivity index is 1.89. The smallest absolute Gasteiger partial charge is 0.0764 e. The van der Waals surface area contributed by atoms with Gasteiger partial charge < -0.3 is 5.11 Å². The van der Waals surface area contributed by atoms with E-state index in [2.05, 4.69) is 35.7 Å². The fourth-order valence-corrected chi connectivity index (χ4v) is 3.27. The lowest BCUT2D eigenvalue weighted by Gasteiger charge is -2.31. The summed E-state index contributed by atoms with van der Waals surface area (Å²) in [6.07, 6.45) is 7.86. The Hall–Kier alpha value is -0.870. The summed E-state index contributed by atoms with van der Waals surface area (Å²) in [5.74, 6) is 0.662. The van der Waals surface area contributed by atoms with E-state index in [9.17, 15) is 0 Å². The Morgan fingerprint density at radius 3 is 2.90 bits per heavy atom. The largest absolute Gasteiger partial charge is 0.396 e. The zero-order valence-electron chi connectivity index (χ0n) is 13.0. The van der Waals surface area contributed by atoms with Crippen LogP contribution in [0.15, 0.2) is 12.3 Å². The summed E-state index contributed by atoms with van der Waals surface area (Å²) in [7, 11) is 0. The molecule has 4 heteroatoms. The maximum Gasteiger partial charge on any atom is 0.0764 e. The van der Waals surface area contributed by atoms with Gasteiger partial charge in [0, 0.05) is 25.9 Å². The molecule has 1 atom stereocenters. The third-order valence-electron chi connectivity index (χ3n) is 4.51. The summed E-state index contributed by atoms with van der Waals surface area (Å²) in [6.45, 7) is 7.99. The number of aliphatic hydroxyl groups excluding tert-OH is 1. The second-order valence-corrected chi connectivity index (χ2v) is 6.01. The van der Waals surface area contributed by atoms with Crippen LogP contribution >= 0.6 is 0 Å². The van der Waals surface area contributed by atoms with Crippen LogP contribution in [0, 0.1) is 5.92 Å². The van der Waals surface area contributed by atoms with E-state index in [1.807, 2.05) is 0 Å².